The molecule has 0 saturated heterocycles. The highest BCUT2D eigenvalue weighted by Crippen LogP contribution is 2.23. The molecule has 0 spiro atoms. The fourth-order valence-electron chi connectivity index (χ4n) is 1.71. The minimum absolute atomic E-state index is 0.0400. The molecule has 90 valence electrons. The zero-order chi connectivity index (χ0) is 12.2. The Morgan fingerprint density at radius 2 is 2.06 bits per heavy atom. The van der Waals surface area contributed by atoms with Gasteiger partial charge in [0.05, 0.1) is 6.61 Å². The third-order valence-corrected chi connectivity index (χ3v) is 2.27. The van der Waals surface area contributed by atoms with Crippen LogP contribution in [0.15, 0.2) is 24.3 Å². The van der Waals surface area contributed by atoms with Crippen molar-refractivity contribution >= 4 is 5.69 Å². The molecule has 0 heterocycles. The minimum Gasteiger partial charge on any atom is -0.394 e. The Labute approximate surface area is 96.5 Å². The number of hydrogen-bond donors (Lipinski definition) is 2. The Morgan fingerprint density at radius 1 is 1.38 bits per heavy atom. The van der Waals surface area contributed by atoms with Crippen LogP contribution in [0.4, 0.5) is 10.1 Å². The molecule has 0 aliphatic rings. The molecule has 0 fully saturated rings. The lowest BCUT2D eigenvalue weighted by Gasteiger charge is -2.26. The van der Waals surface area contributed by atoms with E-state index < -0.39 is 0 Å². The van der Waals surface area contributed by atoms with Crippen molar-refractivity contribution in [2.45, 2.75) is 33.2 Å². The van der Waals surface area contributed by atoms with E-state index in [1.165, 1.54) is 12.1 Å². The molecule has 1 atom stereocenters. The number of anilines is 1. The summed E-state index contributed by atoms with van der Waals surface area (Å²) in [6, 6.07) is 6.26. The molecule has 0 amide bonds. The number of nitrogens with one attached hydrogen (secondary N) is 1. The van der Waals surface area contributed by atoms with Crippen LogP contribution in [0.25, 0.3) is 0 Å². The van der Waals surface area contributed by atoms with E-state index in [1.807, 2.05) is 0 Å². The number of halogens is 1. The van der Waals surface area contributed by atoms with E-state index in [9.17, 15) is 9.50 Å². The van der Waals surface area contributed by atoms with Gasteiger partial charge in [0, 0.05) is 11.7 Å². The van der Waals surface area contributed by atoms with Crippen molar-refractivity contribution in [1.29, 1.82) is 0 Å². The van der Waals surface area contributed by atoms with Crippen LogP contribution in [0.5, 0.6) is 0 Å². The van der Waals surface area contributed by atoms with E-state index in [4.69, 9.17) is 0 Å². The zero-order valence-electron chi connectivity index (χ0n) is 10.1. The molecular weight excluding hydrogens is 205 g/mol. The van der Waals surface area contributed by atoms with Crippen molar-refractivity contribution < 1.29 is 9.50 Å². The maximum Gasteiger partial charge on any atom is 0.125 e. The Balaban J connectivity index is 2.63. The van der Waals surface area contributed by atoms with Crippen molar-refractivity contribution in [3.8, 4) is 0 Å². The van der Waals surface area contributed by atoms with E-state index >= 15 is 0 Å². The van der Waals surface area contributed by atoms with E-state index in [1.54, 1.807) is 12.1 Å². The van der Waals surface area contributed by atoms with E-state index in [2.05, 4.69) is 26.1 Å². The summed E-state index contributed by atoms with van der Waals surface area (Å²) in [4.78, 5) is 0. The Kier molecular flexibility index (Phi) is 4.30. The van der Waals surface area contributed by atoms with Crippen LogP contribution in [-0.2, 0) is 0 Å². The van der Waals surface area contributed by atoms with Crippen molar-refractivity contribution in [2.24, 2.45) is 5.41 Å². The van der Waals surface area contributed by atoms with Crippen molar-refractivity contribution in [3.05, 3.63) is 30.1 Å². The van der Waals surface area contributed by atoms with Gasteiger partial charge in [-0.1, -0.05) is 26.8 Å². The van der Waals surface area contributed by atoms with Gasteiger partial charge in [-0.25, -0.2) is 4.39 Å². The topological polar surface area (TPSA) is 32.3 Å². The summed E-state index contributed by atoms with van der Waals surface area (Å²) in [6.07, 6.45) is 0.833. The number of benzene rings is 1. The predicted molar refractivity (Wildman–Crippen MR) is 65.0 cm³/mol. The lowest BCUT2D eigenvalue weighted by molar-refractivity contribution is 0.234. The second-order valence-electron chi connectivity index (χ2n) is 5.30. The van der Waals surface area contributed by atoms with E-state index in [-0.39, 0.29) is 23.9 Å². The van der Waals surface area contributed by atoms with Gasteiger partial charge in [0.2, 0.25) is 0 Å². The normalized spacial score (nSPS) is 13.6. The van der Waals surface area contributed by atoms with Crippen molar-refractivity contribution in [3.63, 3.8) is 0 Å². The van der Waals surface area contributed by atoms with Crippen LogP contribution < -0.4 is 5.32 Å². The molecule has 0 bridgehead atoms. The van der Waals surface area contributed by atoms with Crippen LogP contribution in [-0.4, -0.2) is 17.8 Å². The van der Waals surface area contributed by atoms with Crippen LogP contribution in [0, 0.1) is 11.2 Å². The first-order valence-corrected chi connectivity index (χ1v) is 5.54. The average Bonchev–Trinajstić information content (AvgIpc) is 2.14. The van der Waals surface area contributed by atoms with Gasteiger partial charge in [0.15, 0.2) is 0 Å². The molecule has 3 heteroatoms. The summed E-state index contributed by atoms with van der Waals surface area (Å²) < 4.78 is 13.0. The van der Waals surface area contributed by atoms with Crippen LogP contribution in [0.3, 0.4) is 0 Å². The van der Waals surface area contributed by atoms with Gasteiger partial charge in [-0.3, -0.25) is 0 Å². The lowest BCUT2D eigenvalue weighted by Crippen LogP contribution is -2.29. The fraction of sp³-hybridized carbons (Fsp3) is 0.538. The molecule has 1 rings (SSSR count). The van der Waals surface area contributed by atoms with E-state index in [0.29, 0.717) is 5.69 Å². The molecule has 2 nitrogen and oxygen atoms in total. The summed E-state index contributed by atoms with van der Waals surface area (Å²) in [6.45, 7) is 6.39. The van der Waals surface area contributed by atoms with Gasteiger partial charge >= 0.3 is 0 Å². The highest BCUT2D eigenvalue weighted by Gasteiger charge is 2.17. The largest absolute Gasteiger partial charge is 0.394 e. The highest BCUT2D eigenvalue weighted by atomic mass is 19.1. The van der Waals surface area contributed by atoms with Crippen LogP contribution >= 0.6 is 0 Å². The molecule has 1 aromatic carbocycles. The molecule has 1 aromatic rings. The van der Waals surface area contributed by atoms with Crippen molar-refractivity contribution in [2.75, 3.05) is 11.9 Å². The molecule has 0 aliphatic carbocycles. The van der Waals surface area contributed by atoms with Gasteiger partial charge in [-0.05, 0) is 30.0 Å². The molecule has 1 unspecified atom stereocenters. The third-order valence-electron chi connectivity index (χ3n) is 2.27. The Hall–Kier alpha value is -1.09. The maximum atomic E-state index is 13.0. The van der Waals surface area contributed by atoms with Gasteiger partial charge in [0.25, 0.3) is 0 Å². The molecule has 0 saturated carbocycles. The first-order chi connectivity index (χ1) is 7.40. The zero-order valence-corrected chi connectivity index (χ0v) is 10.1. The number of hydrogen-bond acceptors (Lipinski definition) is 2. The Morgan fingerprint density at radius 3 is 2.56 bits per heavy atom. The highest BCUT2D eigenvalue weighted by molar-refractivity contribution is 5.44. The first-order valence-electron chi connectivity index (χ1n) is 5.54. The average molecular weight is 225 g/mol. The predicted octanol–water partition coefficient (Wildman–Crippen LogP) is 3.03. The van der Waals surface area contributed by atoms with Gasteiger partial charge in [-0.15, -0.1) is 0 Å². The number of aliphatic hydroxyl groups excluding tert-OH is 1. The second kappa shape index (κ2) is 5.30. The summed E-state index contributed by atoms with van der Waals surface area (Å²) in [7, 11) is 0. The maximum absolute atomic E-state index is 13.0. The number of aliphatic hydroxyl groups is 1. The first kappa shape index (κ1) is 13.0. The Bertz CT molecular complexity index is 333. The van der Waals surface area contributed by atoms with Gasteiger partial charge in [0.1, 0.15) is 5.82 Å². The van der Waals surface area contributed by atoms with Crippen molar-refractivity contribution in [1.82, 2.24) is 0 Å². The van der Waals surface area contributed by atoms with Crippen LogP contribution in [0.1, 0.15) is 27.2 Å². The molecular formula is C13H20FNO. The summed E-state index contributed by atoms with van der Waals surface area (Å²) in [5, 5.41) is 12.4. The standard InChI is InChI=1S/C13H20FNO/c1-13(2,3)8-12(9-16)15-11-6-4-5-10(14)7-11/h4-7,12,15-16H,8-9H2,1-3H3. The molecule has 16 heavy (non-hydrogen) atoms. The summed E-state index contributed by atoms with van der Waals surface area (Å²) in [5.74, 6) is -0.266. The van der Waals surface area contributed by atoms with Crippen LogP contribution in [0.2, 0.25) is 0 Å². The lowest BCUT2D eigenvalue weighted by atomic mass is 9.88. The monoisotopic (exact) mass is 225 g/mol. The molecule has 2 N–H and O–H groups in total. The van der Waals surface area contributed by atoms with Gasteiger partial charge < -0.3 is 10.4 Å². The molecule has 0 radical (unpaired) electrons. The fourth-order valence-corrected chi connectivity index (χ4v) is 1.71. The summed E-state index contributed by atoms with van der Waals surface area (Å²) >= 11 is 0. The summed E-state index contributed by atoms with van der Waals surface area (Å²) in [5.41, 5.74) is 0.844. The SMILES string of the molecule is CC(C)(C)CC(CO)Nc1cccc(F)c1. The second-order valence-corrected chi connectivity index (χ2v) is 5.30. The molecule has 0 aromatic heterocycles. The quantitative estimate of drug-likeness (QED) is 0.825. The smallest absolute Gasteiger partial charge is 0.125 e. The number of rotatable bonds is 4. The molecule has 0 aliphatic heterocycles. The minimum atomic E-state index is -0.266. The third kappa shape index (κ3) is 4.62. The van der Waals surface area contributed by atoms with E-state index in [0.717, 1.165) is 6.42 Å². The van der Waals surface area contributed by atoms with Gasteiger partial charge in [-0.2, -0.15) is 0 Å².